The molecule has 0 radical (unpaired) electrons. The second kappa shape index (κ2) is 5.61. The molecule has 1 saturated heterocycles. The van der Waals surface area contributed by atoms with Crippen LogP contribution in [0.15, 0.2) is 15.9 Å². The molecular formula is C12H15Br2NO2S. The van der Waals surface area contributed by atoms with Crippen LogP contribution in [0.5, 0.6) is 0 Å². The molecule has 1 aromatic heterocycles. The van der Waals surface area contributed by atoms with Crippen LogP contribution in [0.1, 0.15) is 23.5 Å². The van der Waals surface area contributed by atoms with E-state index >= 15 is 0 Å². The van der Waals surface area contributed by atoms with Crippen molar-refractivity contribution in [3.63, 3.8) is 0 Å². The van der Waals surface area contributed by atoms with Gasteiger partial charge in [0.1, 0.15) is 0 Å². The number of carbonyl (C=O) groups is 1. The van der Waals surface area contributed by atoms with Crippen LogP contribution in [-0.2, 0) is 4.74 Å². The van der Waals surface area contributed by atoms with Crippen molar-refractivity contribution >= 4 is 49.1 Å². The maximum absolute atomic E-state index is 12.4. The van der Waals surface area contributed by atoms with Gasteiger partial charge in [-0.15, -0.1) is 11.3 Å². The van der Waals surface area contributed by atoms with Crippen LogP contribution >= 0.6 is 43.2 Å². The van der Waals surface area contributed by atoms with Crippen LogP contribution in [0.25, 0.3) is 0 Å². The highest BCUT2D eigenvalue weighted by atomic mass is 79.9. The average Bonchev–Trinajstić information content (AvgIpc) is 2.72. The molecule has 0 bridgehead atoms. The van der Waals surface area contributed by atoms with Gasteiger partial charge in [-0.1, -0.05) is 15.9 Å². The first-order chi connectivity index (χ1) is 8.41. The van der Waals surface area contributed by atoms with Crippen molar-refractivity contribution in [3.8, 4) is 0 Å². The van der Waals surface area contributed by atoms with Gasteiger partial charge in [-0.3, -0.25) is 4.79 Å². The van der Waals surface area contributed by atoms with E-state index in [2.05, 4.69) is 31.9 Å². The molecule has 6 heteroatoms. The number of thiophene rings is 1. The molecular weight excluding hydrogens is 382 g/mol. The summed E-state index contributed by atoms with van der Waals surface area (Å²) in [5, 5.41) is 0.744. The van der Waals surface area contributed by atoms with Gasteiger partial charge in [-0.2, -0.15) is 0 Å². The standard InChI is InChI=1S/C12H15Br2NO2S/c1-12(2)7-15(6-8(5-13)17-12)11(16)9-3-4-10(14)18-9/h3-4,8H,5-7H2,1-2H3. The van der Waals surface area contributed by atoms with Gasteiger partial charge in [0.05, 0.1) is 20.4 Å². The quantitative estimate of drug-likeness (QED) is 0.715. The normalized spacial score (nSPS) is 23.1. The fraction of sp³-hybridized carbons (Fsp3) is 0.583. The third-order valence-corrected chi connectivity index (χ3v) is 5.06. The largest absolute Gasteiger partial charge is 0.368 e. The van der Waals surface area contributed by atoms with E-state index in [4.69, 9.17) is 4.74 Å². The van der Waals surface area contributed by atoms with Crippen LogP contribution in [0, 0.1) is 0 Å². The van der Waals surface area contributed by atoms with E-state index in [0.717, 1.165) is 14.0 Å². The molecule has 0 aliphatic carbocycles. The summed E-state index contributed by atoms with van der Waals surface area (Å²) in [5.74, 6) is 0.0908. The number of alkyl halides is 1. The van der Waals surface area contributed by atoms with Gasteiger partial charge < -0.3 is 9.64 Å². The molecule has 2 heterocycles. The zero-order chi connectivity index (χ0) is 13.3. The number of amides is 1. The Bertz CT molecular complexity index is 447. The fourth-order valence-electron chi connectivity index (χ4n) is 2.12. The van der Waals surface area contributed by atoms with E-state index in [9.17, 15) is 4.79 Å². The molecule has 3 nitrogen and oxygen atoms in total. The van der Waals surface area contributed by atoms with Gasteiger partial charge in [-0.25, -0.2) is 0 Å². The third kappa shape index (κ3) is 3.35. The van der Waals surface area contributed by atoms with Gasteiger partial charge in [0.15, 0.2) is 0 Å². The second-order valence-electron chi connectivity index (χ2n) is 4.94. The Hall–Kier alpha value is 0.0900. The summed E-state index contributed by atoms with van der Waals surface area (Å²) in [5.41, 5.74) is -0.291. The first kappa shape index (κ1) is 14.5. The monoisotopic (exact) mass is 395 g/mol. The first-order valence-corrected chi connectivity index (χ1v) is 8.43. The Morgan fingerprint density at radius 2 is 2.33 bits per heavy atom. The van der Waals surface area contributed by atoms with Crippen LogP contribution < -0.4 is 0 Å². The van der Waals surface area contributed by atoms with Crippen molar-refractivity contribution in [3.05, 3.63) is 20.8 Å². The molecule has 0 spiro atoms. The minimum atomic E-state index is -0.291. The van der Waals surface area contributed by atoms with Crippen molar-refractivity contribution in [1.29, 1.82) is 0 Å². The van der Waals surface area contributed by atoms with Gasteiger partial charge >= 0.3 is 0 Å². The minimum absolute atomic E-state index is 0.0566. The van der Waals surface area contributed by atoms with Crippen molar-refractivity contribution in [2.24, 2.45) is 0 Å². The van der Waals surface area contributed by atoms with Crippen LogP contribution in [-0.4, -0.2) is 40.9 Å². The summed E-state index contributed by atoms with van der Waals surface area (Å²) in [6, 6.07) is 3.77. The predicted molar refractivity (Wildman–Crippen MR) is 80.7 cm³/mol. The molecule has 1 aromatic rings. The van der Waals surface area contributed by atoms with Crippen LogP contribution in [0.3, 0.4) is 0 Å². The molecule has 1 aliphatic heterocycles. The lowest BCUT2D eigenvalue weighted by molar-refractivity contribution is -0.116. The molecule has 18 heavy (non-hydrogen) atoms. The van der Waals surface area contributed by atoms with Gasteiger partial charge in [0, 0.05) is 18.4 Å². The molecule has 1 atom stereocenters. The smallest absolute Gasteiger partial charge is 0.264 e. The number of morpholine rings is 1. The number of halogens is 2. The molecule has 2 rings (SSSR count). The summed E-state index contributed by atoms with van der Waals surface area (Å²) in [7, 11) is 0. The van der Waals surface area contributed by atoms with Gasteiger partial charge in [0.25, 0.3) is 5.91 Å². The van der Waals surface area contributed by atoms with Crippen molar-refractivity contribution in [1.82, 2.24) is 4.90 Å². The fourth-order valence-corrected chi connectivity index (χ4v) is 3.81. The maximum atomic E-state index is 12.4. The number of hydrogen-bond acceptors (Lipinski definition) is 3. The van der Waals surface area contributed by atoms with E-state index in [0.29, 0.717) is 13.1 Å². The van der Waals surface area contributed by atoms with Crippen molar-refractivity contribution in [2.75, 3.05) is 18.4 Å². The lowest BCUT2D eigenvalue weighted by Gasteiger charge is -2.42. The second-order valence-corrected chi connectivity index (χ2v) is 8.05. The lowest BCUT2D eigenvalue weighted by atomic mass is 10.1. The molecule has 1 aliphatic rings. The van der Waals surface area contributed by atoms with Gasteiger partial charge in [-0.05, 0) is 41.9 Å². The molecule has 0 aromatic carbocycles. The summed E-state index contributed by atoms with van der Waals surface area (Å²) in [4.78, 5) is 15.1. The number of ether oxygens (including phenoxy) is 1. The lowest BCUT2D eigenvalue weighted by Crippen LogP contribution is -2.55. The van der Waals surface area contributed by atoms with Crippen LogP contribution in [0.4, 0.5) is 0 Å². The Balaban J connectivity index is 2.14. The van der Waals surface area contributed by atoms with E-state index < -0.39 is 0 Å². The summed E-state index contributed by atoms with van der Waals surface area (Å²) < 4.78 is 6.88. The van der Waals surface area contributed by atoms with Crippen molar-refractivity contribution in [2.45, 2.75) is 25.6 Å². The van der Waals surface area contributed by atoms with E-state index in [-0.39, 0.29) is 17.6 Å². The third-order valence-electron chi connectivity index (χ3n) is 2.72. The number of hydrogen-bond donors (Lipinski definition) is 0. The number of nitrogens with zero attached hydrogens (tertiary/aromatic N) is 1. The van der Waals surface area contributed by atoms with E-state index in [1.165, 1.54) is 11.3 Å². The van der Waals surface area contributed by atoms with Gasteiger partial charge in [0.2, 0.25) is 0 Å². The highest BCUT2D eigenvalue weighted by molar-refractivity contribution is 9.11. The topological polar surface area (TPSA) is 29.5 Å². The molecule has 0 N–H and O–H groups in total. The highest BCUT2D eigenvalue weighted by Gasteiger charge is 2.35. The molecule has 100 valence electrons. The predicted octanol–water partition coefficient (Wildman–Crippen LogP) is 3.53. The zero-order valence-corrected chi connectivity index (χ0v) is 14.3. The molecule has 1 fully saturated rings. The summed E-state index contributed by atoms with van der Waals surface area (Å²) in [6.07, 6.45) is 0.0566. The summed E-state index contributed by atoms with van der Waals surface area (Å²) in [6.45, 7) is 5.31. The van der Waals surface area contributed by atoms with Crippen LogP contribution in [0.2, 0.25) is 0 Å². The molecule has 1 unspecified atom stereocenters. The Labute approximate surface area is 128 Å². The first-order valence-electron chi connectivity index (χ1n) is 5.70. The Morgan fingerprint density at radius 3 is 2.89 bits per heavy atom. The minimum Gasteiger partial charge on any atom is -0.368 e. The SMILES string of the molecule is CC1(C)CN(C(=O)c2ccc(Br)s2)CC(CBr)O1. The number of rotatable bonds is 2. The highest BCUT2D eigenvalue weighted by Crippen LogP contribution is 2.27. The Kier molecular flexibility index (Phi) is 4.52. The zero-order valence-electron chi connectivity index (χ0n) is 10.3. The Morgan fingerprint density at radius 1 is 1.61 bits per heavy atom. The molecule has 0 saturated carbocycles. The van der Waals surface area contributed by atoms with E-state index in [1.54, 1.807) is 0 Å². The molecule has 1 amide bonds. The van der Waals surface area contributed by atoms with Crippen molar-refractivity contribution < 1.29 is 9.53 Å². The summed E-state index contributed by atoms with van der Waals surface area (Å²) >= 11 is 8.29. The number of carbonyl (C=O) groups excluding carboxylic acids is 1. The average molecular weight is 397 g/mol. The maximum Gasteiger partial charge on any atom is 0.264 e. The van der Waals surface area contributed by atoms with E-state index in [1.807, 2.05) is 30.9 Å².